The Bertz CT molecular complexity index is 975. The van der Waals surface area contributed by atoms with Gasteiger partial charge in [0.15, 0.2) is 5.88 Å². The zero-order valence-corrected chi connectivity index (χ0v) is 13.4. The molecule has 114 valence electrons. The van der Waals surface area contributed by atoms with Crippen LogP contribution in [0.5, 0.6) is 5.88 Å². The number of rotatable bonds is 2. The Balaban J connectivity index is 1.97. The first kappa shape index (κ1) is 14.0. The fourth-order valence-corrected chi connectivity index (χ4v) is 3.39. The maximum Gasteiger partial charge on any atom is 0.198 e. The molecule has 1 atom stereocenters. The number of aromatic nitrogens is 1. The number of para-hydroxylation sites is 1. The Morgan fingerprint density at radius 3 is 2.87 bits per heavy atom. The van der Waals surface area contributed by atoms with Crippen molar-refractivity contribution in [2.45, 2.75) is 5.92 Å². The van der Waals surface area contributed by atoms with Crippen LogP contribution in [0.15, 0.2) is 57.1 Å². The molecule has 2 heterocycles. The third-order valence-corrected chi connectivity index (χ3v) is 4.51. The van der Waals surface area contributed by atoms with Crippen LogP contribution in [0.3, 0.4) is 0 Å². The van der Waals surface area contributed by atoms with Crippen LogP contribution in [0.1, 0.15) is 17.0 Å². The monoisotopic (exact) mass is 369 g/mol. The minimum absolute atomic E-state index is 0.0631. The highest BCUT2D eigenvalue weighted by molar-refractivity contribution is 9.10. The summed E-state index contributed by atoms with van der Waals surface area (Å²) in [6.07, 6.45) is 1.43. The van der Waals surface area contributed by atoms with E-state index in [0.29, 0.717) is 11.3 Å². The molecule has 0 aliphatic carbocycles. The van der Waals surface area contributed by atoms with Crippen molar-refractivity contribution >= 4 is 44.4 Å². The fraction of sp³-hybridized carbons (Fsp3) is 0.0588. The van der Waals surface area contributed by atoms with E-state index < -0.39 is 0 Å². The van der Waals surface area contributed by atoms with Gasteiger partial charge in [-0.2, -0.15) is 0 Å². The number of nitrogens with one attached hydrogen (secondary N) is 1. The van der Waals surface area contributed by atoms with E-state index in [1.807, 2.05) is 42.5 Å². The Labute approximate surface area is 140 Å². The molecule has 0 amide bonds. The SMILES string of the molecule is O/N=C/C1C(c2c(O)[nH]c3ccccc23)=Nc2cc(Br)ccc21. The zero-order valence-electron chi connectivity index (χ0n) is 11.9. The van der Waals surface area contributed by atoms with Gasteiger partial charge in [-0.25, -0.2) is 0 Å². The summed E-state index contributed by atoms with van der Waals surface area (Å²) in [6, 6.07) is 13.4. The molecule has 1 aliphatic rings. The van der Waals surface area contributed by atoms with Crippen LogP contribution in [-0.4, -0.2) is 27.2 Å². The molecule has 0 saturated carbocycles. The standard InChI is InChI=1S/C17H12BrN3O2/c18-9-5-6-10-12(8-19-23)16(20-14(10)7-9)15-11-3-1-2-4-13(11)21-17(15)22/h1-8,12,21-23H/b19-8+. The number of nitrogens with zero attached hydrogens (tertiary/aromatic N) is 2. The average molecular weight is 370 g/mol. The van der Waals surface area contributed by atoms with E-state index in [1.165, 1.54) is 6.21 Å². The summed E-state index contributed by atoms with van der Waals surface area (Å²) >= 11 is 3.44. The number of hydrogen-bond donors (Lipinski definition) is 3. The molecular weight excluding hydrogens is 358 g/mol. The topological polar surface area (TPSA) is 81.0 Å². The summed E-state index contributed by atoms with van der Waals surface area (Å²) in [7, 11) is 0. The number of benzene rings is 2. The second kappa shape index (κ2) is 5.24. The van der Waals surface area contributed by atoms with Gasteiger partial charge in [-0.15, -0.1) is 5.16 Å². The van der Waals surface area contributed by atoms with Crippen LogP contribution in [0.25, 0.3) is 10.9 Å². The molecule has 0 bridgehead atoms. The molecule has 3 aromatic rings. The average Bonchev–Trinajstić information content (AvgIpc) is 3.04. The molecule has 3 N–H and O–H groups in total. The Morgan fingerprint density at radius 2 is 2.04 bits per heavy atom. The summed E-state index contributed by atoms with van der Waals surface area (Å²) in [5.41, 5.74) is 3.86. The van der Waals surface area contributed by atoms with Crippen LogP contribution in [0.4, 0.5) is 5.69 Å². The first-order chi connectivity index (χ1) is 11.2. The quantitative estimate of drug-likeness (QED) is 0.357. The molecule has 0 radical (unpaired) electrons. The van der Waals surface area contributed by atoms with E-state index in [-0.39, 0.29) is 11.8 Å². The smallest absolute Gasteiger partial charge is 0.198 e. The van der Waals surface area contributed by atoms with Crippen molar-refractivity contribution in [1.29, 1.82) is 0 Å². The van der Waals surface area contributed by atoms with Gasteiger partial charge in [-0.1, -0.05) is 40.2 Å². The first-order valence-electron chi connectivity index (χ1n) is 7.04. The summed E-state index contributed by atoms with van der Waals surface area (Å²) in [6.45, 7) is 0. The van der Waals surface area contributed by atoms with Crippen molar-refractivity contribution in [3.8, 4) is 5.88 Å². The van der Waals surface area contributed by atoms with Gasteiger partial charge in [0.1, 0.15) is 0 Å². The number of fused-ring (bicyclic) bond motifs is 2. The van der Waals surface area contributed by atoms with Gasteiger partial charge >= 0.3 is 0 Å². The number of aromatic hydroxyl groups is 1. The van der Waals surface area contributed by atoms with Crippen LogP contribution in [0.2, 0.25) is 0 Å². The second-order valence-corrected chi connectivity index (χ2v) is 6.25. The molecule has 1 aromatic heterocycles. The maximum absolute atomic E-state index is 10.4. The minimum atomic E-state index is -0.312. The number of hydrogen-bond acceptors (Lipinski definition) is 4. The molecule has 4 rings (SSSR count). The normalized spacial score (nSPS) is 16.9. The lowest BCUT2D eigenvalue weighted by Crippen LogP contribution is -2.11. The van der Waals surface area contributed by atoms with Gasteiger partial charge in [-0.3, -0.25) is 4.99 Å². The minimum Gasteiger partial charge on any atom is -0.494 e. The lowest BCUT2D eigenvalue weighted by Gasteiger charge is -2.09. The molecule has 2 aromatic carbocycles. The second-order valence-electron chi connectivity index (χ2n) is 5.34. The number of aromatic amines is 1. The molecule has 0 fully saturated rings. The fourth-order valence-electron chi connectivity index (χ4n) is 3.04. The van der Waals surface area contributed by atoms with Crippen molar-refractivity contribution in [1.82, 2.24) is 4.98 Å². The molecule has 0 saturated heterocycles. The van der Waals surface area contributed by atoms with Crippen LogP contribution >= 0.6 is 15.9 Å². The third kappa shape index (κ3) is 2.14. The van der Waals surface area contributed by atoms with Crippen LogP contribution < -0.4 is 0 Å². The van der Waals surface area contributed by atoms with Gasteiger partial charge in [0, 0.05) is 15.4 Å². The van der Waals surface area contributed by atoms with E-state index in [1.54, 1.807) is 0 Å². The lowest BCUT2D eigenvalue weighted by atomic mass is 9.92. The van der Waals surface area contributed by atoms with Crippen LogP contribution in [0, 0.1) is 0 Å². The van der Waals surface area contributed by atoms with E-state index in [4.69, 9.17) is 5.21 Å². The van der Waals surface area contributed by atoms with Crippen molar-refractivity contribution in [3.05, 3.63) is 58.1 Å². The molecule has 1 unspecified atom stereocenters. The third-order valence-electron chi connectivity index (χ3n) is 4.02. The predicted octanol–water partition coefficient (Wildman–Crippen LogP) is 4.31. The highest BCUT2D eigenvalue weighted by Gasteiger charge is 2.31. The van der Waals surface area contributed by atoms with Crippen LogP contribution in [-0.2, 0) is 0 Å². The summed E-state index contributed by atoms with van der Waals surface area (Å²) in [5, 5.41) is 23.5. The van der Waals surface area contributed by atoms with Gasteiger partial charge in [-0.05, 0) is 23.8 Å². The Morgan fingerprint density at radius 1 is 1.22 bits per heavy atom. The molecule has 23 heavy (non-hydrogen) atoms. The number of oxime groups is 1. The highest BCUT2D eigenvalue weighted by atomic mass is 79.9. The molecule has 0 spiro atoms. The van der Waals surface area contributed by atoms with E-state index >= 15 is 0 Å². The van der Waals surface area contributed by atoms with Gasteiger partial charge in [0.05, 0.1) is 29.1 Å². The molecule has 1 aliphatic heterocycles. The summed E-state index contributed by atoms with van der Waals surface area (Å²) in [5.74, 6) is -0.249. The van der Waals surface area contributed by atoms with E-state index in [0.717, 1.165) is 26.6 Å². The zero-order chi connectivity index (χ0) is 16.0. The highest BCUT2D eigenvalue weighted by Crippen LogP contribution is 2.41. The van der Waals surface area contributed by atoms with E-state index in [2.05, 4.69) is 31.1 Å². The van der Waals surface area contributed by atoms with Gasteiger partial charge in [0.2, 0.25) is 0 Å². The summed E-state index contributed by atoms with van der Waals surface area (Å²) in [4.78, 5) is 7.63. The number of halogens is 1. The van der Waals surface area contributed by atoms with Crippen molar-refractivity contribution in [2.75, 3.05) is 0 Å². The number of H-pyrrole nitrogens is 1. The Kier molecular flexibility index (Phi) is 3.20. The predicted molar refractivity (Wildman–Crippen MR) is 93.3 cm³/mol. The molecule has 5 nitrogen and oxygen atoms in total. The number of aliphatic imine (C=N–C) groups is 1. The van der Waals surface area contributed by atoms with E-state index in [9.17, 15) is 5.11 Å². The summed E-state index contributed by atoms with van der Waals surface area (Å²) < 4.78 is 0.920. The van der Waals surface area contributed by atoms with Gasteiger partial charge in [0.25, 0.3) is 0 Å². The molecule has 6 heteroatoms. The van der Waals surface area contributed by atoms with Crippen molar-refractivity contribution in [2.24, 2.45) is 10.1 Å². The Hall–Kier alpha value is -2.60. The molecular formula is C17H12BrN3O2. The maximum atomic E-state index is 10.4. The van der Waals surface area contributed by atoms with Crippen molar-refractivity contribution < 1.29 is 10.3 Å². The first-order valence-corrected chi connectivity index (χ1v) is 7.84. The van der Waals surface area contributed by atoms with Gasteiger partial charge < -0.3 is 15.3 Å². The largest absolute Gasteiger partial charge is 0.494 e. The van der Waals surface area contributed by atoms with Crippen molar-refractivity contribution in [3.63, 3.8) is 0 Å². The lowest BCUT2D eigenvalue weighted by molar-refractivity contribution is 0.320.